The summed E-state index contributed by atoms with van der Waals surface area (Å²) in [7, 11) is 1.70. The minimum atomic E-state index is -0.0412. The first kappa shape index (κ1) is 11.8. The van der Waals surface area contributed by atoms with E-state index in [-0.39, 0.29) is 35.8 Å². The predicted molar refractivity (Wildman–Crippen MR) is 41.0 cm³/mol. The Bertz CT molecular complexity index is 69.4. The van der Waals surface area contributed by atoms with Gasteiger partial charge in [-0.1, -0.05) is 0 Å². The van der Waals surface area contributed by atoms with Crippen molar-refractivity contribution in [1.82, 2.24) is 5.32 Å². The van der Waals surface area contributed by atoms with E-state index >= 15 is 0 Å². The lowest BCUT2D eigenvalue weighted by molar-refractivity contribution is -0.118. The first-order chi connectivity index (χ1) is 3.81. The maximum atomic E-state index is 10.4. The van der Waals surface area contributed by atoms with Crippen molar-refractivity contribution in [3.05, 3.63) is 0 Å². The Kier molecular flexibility index (Phi) is 10.6. The fourth-order valence-corrected chi connectivity index (χ4v) is 0.410. The van der Waals surface area contributed by atoms with Crippen LogP contribution in [-0.2, 0) is 4.79 Å². The summed E-state index contributed by atoms with van der Waals surface area (Å²) in [6, 6.07) is 0. The van der Waals surface area contributed by atoms with Gasteiger partial charge in [-0.2, -0.15) is 0 Å². The van der Waals surface area contributed by atoms with Gasteiger partial charge in [0.25, 0.3) is 0 Å². The Balaban J connectivity index is 0. The lowest BCUT2D eigenvalue weighted by atomic mass is 10.3. The molecular weight excluding hydrogens is 186 g/mol. The number of carbonyl (C=O) groups is 1. The molecule has 0 amide bonds. The van der Waals surface area contributed by atoms with Crippen molar-refractivity contribution in [2.75, 3.05) is 20.2 Å². The van der Waals surface area contributed by atoms with Crippen molar-refractivity contribution < 1.29 is 9.90 Å². The summed E-state index contributed by atoms with van der Waals surface area (Å²) in [4.78, 5) is 10.4. The van der Waals surface area contributed by atoms with Crippen molar-refractivity contribution >= 4 is 22.8 Å². The fourth-order valence-electron chi connectivity index (χ4n) is 0.410. The van der Waals surface area contributed by atoms with Crippen LogP contribution in [0, 0.1) is 0 Å². The van der Waals surface area contributed by atoms with E-state index < -0.39 is 0 Å². The molecule has 0 aromatic carbocycles. The predicted octanol–water partition coefficient (Wildman–Crippen LogP) is -0.265. The molecule has 0 radical (unpaired) electrons. The molecule has 3 nitrogen and oxygen atoms in total. The minimum absolute atomic E-state index is 0. The fraction of sp³-hybridized carbons (Fsp3) is 0.800. The zero-order valence-electron chi connectivity index (χ0n) is 5.39. The molecule has 0 spiro atoms. The molecular formula is C5H12BrNO2. The largest absolute Gasteiger partial charge is 0.396 e. The monoisotopic (exact) mass is 197 g/mol. The molecule has 0 rings (SSSR count). The van der Waals surface area contributed by atoms with Gasteiger partial charge in [-0.25, -0.2) is 0 Å². The van der Waals surface area contributed by atoms with Gasteiger partial charge in [0, 0.05) is 6.42 Å². The van der Waals surface area contributed by atoms with Crippen LogP contribution in [0.4, 0.5) is 0 Å². The maximum absolute atomic E-state index is 10.4. The van der Waals surface area contributed by atoms with Crippen LogP contribution in [-0.4, -0.2) is 31.1 Å². The molecule has 0 fully saturated rings. The SMILES string of the molecule is Br.CNCC(=O)CCO. The van der Waals surface area contributed by atoms with E-state index in [4.69, 9.17) is 5.11 Å². The van der Waals surface area contributed by atoms with Gasteiger partial charge in [0.1, 0.15) is 5.78 Å². The van der Waals surface area contributed by atoms with Crippen LogP contribution in [0.5, 0.6) is 0 Å². The summed E-state index contributed by atoms with van der Waals surface area (Å²) in [5.41, 5.74) is 0. The molecule has 0 atom stereocenters. The van der Waals surface area contributed by atoms with Gasteiger partial charge in [-0.05, 0) is 7.05 Å². The zero-order chi connectivity index (χ0) is 6.41. The number of aliphatic hydroxyl groups excluding tert-OH is 1. The maximum Gasteiger partial charge on any atom is 0.148 e. The summed E-state index contributed by atoms with van der Waals surface area (Å²) in [5, 5.41) is 10.9. The van der Waals surface area contributed by atoms with Crippen molar-refractivity contribution in [3.8, 4) is 0 Å². The van der Waals surface area contributed by atoms with Crippen LogP contribution in [0.3, 0.4) is 0 Å². The Labute approximate surface area is 65.2 Å². The number of rotatable bonds is 4. The summed E-state index contributed by atoms with van der Waals surface area (Å²) in [5.74, 6) is 0.0509. The Morgan fingerprint density at radius 1 is 1.67 bits per heavy atom. The summed E-state index contributed by atoms with van der Waals surface area (Å²) >= 11 is 0. The number of nitrogens with one attached hydrogen (secondary N) is 1. The number of ketones is 1. The molecule has 2 N–H and O–H groups in total. The third kappa shape index (κ3) is 8.07. The molecule has 4 heteroatoms. The molecule has 0 aromatic heterocycles. The molecule has 0 aromatic rings. The van der Waals surface area contributed by atoms with Gasteiger partial charge in [-0.3, -0.25) is 4.79 Å². The number of likely N-dealkylation sites (N-methyl/N-ethyl adjacent to an activating group) is 1. The minimum Gasteiger partial charge on any atom is -0.396 e. The third-order valence-electron chi connectivity index (χ3n) is 0.765. The molecule has 0 aliphatic rings. The van der Waals surface area contributed by atoms with Gasteiger partial charge >= 0.3 is 0 Å². The highest BCUT2D eigenvalue weighted by atomic mass is 79.9. The van der Waals surface area contributed by atoms with Gasteiger partial charge < -0.3 is 10.4 Å². The van der Waals surface area contributed by atoms with E-state index in [0.29, 0.717) is 6.54 Å². The van der Waals surface area contributed by atoms with Gasteiger partial charge in [0.2, 0.25) is 0 Å². The average molecular weight is 198 g/mol. The van der Waals surface area contributed by atoms with Crippen molar-refractivity contribution in [1.29, 1.82) is 0 Å². The molecule has 56 valence electrons. The molecule has 0 unspecified atom stereocenters. The first-order valence-corrected chi connectivity index (χ1v) is 2.58. The standard InChI is InChI=1S/C5H11NO2.BrH/c1-6-4-5(8)2-3-7;/h6-7H,2-4H2,1H3;1H. The highest BCUT2D eigenvalue weighted by Crippen LogP contribution is 1.76. The normalized spacial score (nSPS) is 8.22. The molecule has 0 bridgehead atoms. The second-order valence-electron chi connectivity index (χ2n) is 1.54. The number of halogens is 1. The highest BCUT2D eigenvalue weighted by Gasteiger charge is 1.95. The summed E-state index contributed by atoms with van der Waals surface area (Å²) in [6.45, 7) is 0.321. The van der Waals surface area contributed by atoms with Crippen molar-refractivity contribution in [2.24, 2.45) is 0 Å². The van der Waals surface area contributed by atoms with E-state index in [9.17, 15) is 4.79 Å². The number of carbonyl (C=O) groups excluding carboxylic acids is 1. The number of hydrogen-bond acceptors (Lipinski definition) is 3. The zero-order valence-corrected chi connectivity index (χ0v) is 7.10. The van der Waals surface area contributed by atoms with E-state index in [2.05, 4.69) is 5.32 Å². The highest BCUT2D eigenvalue weighted by molar-refractivity contribution is 8.93. The van der Waals surface area contributed by atoms with Crippen molar-refractivity contribution in [3.63, 3.8) is 0 Å². The van der Waals surface area contributed by atoms with Crippen LogP contribution >= 0.6 is 17.0 Å². The molecule has 0 aliphatic heterocycles. The van der Waals surface area contributed by atoms with E-state index in [0.717, 1.165) is 0 Å². The van der Waals surface area contributed by atoms with Gasteiger partial charge in [0.15, 0.2) is 0 Å². The smallest absolute Gasteiger partial charge is 0.148 e. The van der Waals surface area contributed by atoms with Crippen LogP contribution in [0.15, 0.2) is 0 Å². The van der Waals surface area contributed by atoms with E-state index in [1.54, 1.807) is 7.05 Å². The lowest BCUT2D eigenvalue weighted by Gasteiger charge is -1.93. The topological polar surface area (TPSA) is 49.3 Å². The number of aliphatic hydroxyl groups is 1. The average Bonchev–Trinajstić information content (AvgIpc) is 1.68. The van der Waals surface area contributed by atoms with E-state index in [1.165, 1.54) is 0 Å². The van der Waals surface area contributed by atoms with Crippen LogP contribution in [0.2, 0.25) is 0 Å². The van der Waals surface area contributed by atoms with Crippen LogP contribution < -0.4 is 5.32 Å². The Morgan fingerprint density at radius 3 is 2.56 bits per heavy atom. The van der Waals surface area contributed by atoms with Gasteiger partial charge in [-0.15, -0.1) is 17.0 Å². The molecule has 9 heavy (non-hydrogen) atoms. The molecule has 0 heterocycles. The van der Waals surface area contributed by atoms with Crippen molar-refractivity contribution in [2.45, 2.75) is 6.42 Å². The Morgan fingerprint density at radius 2 is 2.22 bits per heavy atom. The number of hydrogen-bond donors (Lipinski definition) is 2. The molecule has 0 saturated carbocycles. The van der Waals surface area contributed by atoms with Gasteiger partial charge in [0.05, 0.1) is 13.2 Å². The van der Waals surface area contributed by atoms with E-state index in [1.807, 2.05) is 0 Å². The quantitative estimate of drug-likeness (QED) is 0.654. The second-order valence-corrected chi connectivity index (χ2v) is 1.54. The summed E-state index contributed by atoms with van der Waals surface area (Å²) in [6.07, 6.45) is 0.265. The second kappa shape index (κ2) is 8.07. The van der Waals surface area contributed by atoms with Crippen LogP contribution in [0.25, 0.3) is 0 Å². The third-order valence-corrected chi connectivity index (χ3v) is 0.765. The Hall–Kier alpha value is 0.0700. The lowest BCUT2D eigenvalue weighted by Crippen LogP contribution is -2.18. The molecule has 0 saturated heterocycles. The summed E-state index contributed by atoms with van der Waals surface area (Å²) < 4.78 is 0. The van der Waals surface area contributed by atoms with Crippen LogP contribution in [0.1, 0.15) is 6.42 Å². The first-order valence-electron chi connectivity index (χ1n) is 2.58. The number of Topliss-reactive ketones (excluding diaryl/α,β-unsaturated/α-hetero) is 1. The molecule has 0 aliphatic carbocycles.